The van der Waals surface area contributed by atoms with E-state index in [2.05, 4.69) is 5.32 Å². The number of amides is 1. The number of rotatable bonds is 5. The van der Waals surface area contributed by atoms with Gasteiger partial charge in [0.25, 0.3) is 0 Å². The van der Waals surface area contributed by atoms with Crippen LogP contribution in [0.2, 0.25) is 0 Å². The zero-order valence-corrected chi connectivity index (χ0v) is 14.7. The fourth-order valence-corrected chi connectivity index (χ4v) is 4.92. The molecule has 2 aliphatic rings. The van der Waals surface area contributed by atoms with Gasteiger partial charge in [-0.2, -0.15) is 4.31 Å². The highest BCUT2D eigenvalue weighted by Crippen LogP contribution is 2.33. The number of sulfonamides is 1. The van der Waals surface area contributed by atoms with E-state index in [9.17, 15) is 23.1 Å². The van der Waals surface area contributed by atoms with Crippen LogP contribution >= 0.6 is 0 Å². The Kier molecular flexibility index (Phi) is 4.83. The average molecular weight is 366 g/mol. The second-order valence-electron chi connectivity index (χ2n) is 6.75. The van der Waals surface area contributed by atoms with Crippen LogP contribution in [0.15, 0.2) is 35.2 Å². The Hall–Kier alpha value is -1.93. The molecule has 1 aliphatic heterocycles. The minimum atomic E-state index is -3.64. The normalized spacial score (nSPS) is 23.4. The Bertz CT molecular complexity index is 759. The molecule has 1 saturated carbocycles. The van der Waals surface area contributed by atoms with E-state index in [-0.39, 0.29) is 17.3 Å². The molecule has 25 heavy (non-hydrogen) atoms. The maximum absolute atomic E-state index is 12.7. The summed E-state index contributed by atoms with van der Waals surface area (Å²) in [6.45, 7) is 0.448. The molecule has 1 aliphatic carbocycles. The molecule has 0 aromatic heterocycles. The summed E-state index contributed by atoms with van der Waals surface area (Å²) in [6, 6.07) is 8.14. The lowest BCUT2D eigenvalue weighted by Gasteiger charge is -2.40. The first-order chi connectivity index (χ1) is 11.8. The number of carbonyl (C=O) groups excluding carboxylic acids is 1. The van der Waals surface area contributed by atoms with Crippen molar-refractivity contribution in [3.8, 4) is 0 Å². The van der Waals surface area contributed by atoms with Gasteiger partial charge in [0.05, 0.1) is 10.8 Å². The van der Waals surface area contributed by atoms with E-state index >= 15 is 0 Å². The van der Waals surface area contributed by atoms with Crippen LogP contribution in [-0.2, 0) is 19.6 Å². The van der Waals surface area contributed by atoms with Crippen molar-refractivity contribution < 1.29 is 23.1 Å². The number of hydrogen-bond acceptors (Lipinski definition) is 4. The predicted octanol–water partition coefficient (Wildman–Crippen LogP) is 1.21. The summed E-state index contributed by atoms with van der Waals surface area (Å²) in [7, 11) is -3.64. The van der Waals surface area contributed by atoms with Crippen LogP contribution < -0.4 is 5.32 Å². The molecule has 2 N–H and O–H groups in total. The highest BCUT2D eigenvalue weighted by atomic mass is 32.2. The summed E-state index contributed by atoms with van der Waals surface area (Å²) < 4.78 is 26.8. The van der Waals surface area contributed by atoms with Crippen LogP contribution in [0, 0.1) is 5.92 Å². The topological polar surface area (TPSA) is 104 Å². The molecule has 1 heterocycles. The van der Waals surface area contributed by atoms with Gasteiger partial charge in [-0.3, -0.25) is 4.79 Å². The SMILES string of the molecule is O=C(NC1(C(=O)O)CCC1)C1CCCN(S(=O)(=O)c2ccccc2)C1. The Morgan fingerprint density at radius 3 is 2.40 bits per heavy atom. The lowest BCUT2D eigenvalue weighted by atomic mass is 9.76. The standard InChI is InChI=1S/C17H22N2O5S/c20-15(18-17(16(21)22)9-5-10-17)13-6-4-11-19(12-13)25(23,24)14-7-2-1-3-8-14/h1-3,7-8,13H,4-6,9-12H2,(H,18,20)(H,21,22). The van der Waals surface area contributed by atoms with Crippen molar-refractivity contribution in [2.24, 2.45) is 5.92 Å². The first kappa shape index (κ1) is 17.9. The lowest BCUT2D eigenvalue weighted by molar-refractivity contribution is -0.152. The number of nitrogens with one attached hydrogen (secondary N) is 1. The van der Waals surface area contributed by atoms with Crippen LogP contribution in [0.4, 0.5) is 0 Å². The lowest BCUT2D eigenvalue weighted by Crippen LogP contribution is -2.61. The first-order valence-corrected chi connectivity index (χ1v) is 9.90. The quantitative estimate of drug-likeness (QED) is 0.815. The minimum absolute atomic E-state index is 0.0821. The number of carboxylic acids is 1. The third kappa shape index (κ3) is 3.41. The van der Waals surface area contributed by atoms with Crippen LogP contribution in [0.25, 0.3) is 0 Å². The van der Waals surface area contributed by atoms with Gasteiger partial charge in [0.2, 0.25) is 15.9 Å². The van der Waals surface area contributed by atoms with Crippen LogP contribution in [-0.4, -0.2) is 48.3 Å². The van der Waals surface area contributed by atoms with Crippen LogP contribution in [0.5, 0.6) is 0 Å². The zero-order valence-electron chi connectivity index (χ0n) is 13.8. The van der Waals surface area contributed by atoms with Crippen molar-refractivity contribution in [2.75, 3.05) is 13.1 Å². The first-order valence-electron chi connectivity index (χ1n) is 8.46. The van der Waals surface area contributed by atoms with E-state index < -0.39 is 27.4 Å². The molecule has 1 aromatic rings. The molecule has 0 radical (unpaired) electrons. The van der Waals surface area contributed by atoms with Gasteiger partial charge in [-0.25, -0.2) is 13.2 Å². The van der Waals surface area contributed by atoms with E-state index in [0.717, 1.165) is 6.42 Å². The monoisotopic (exact) mass is 366 g/mol. The molecule has 2 fully saturated rings. The molecule has 7 nitrogen and oxygen atoms in total. The van der Waals surface area contributed by atoms with Crippen molar-refractivity contribution in [3.63, 3.8) is 0 Å². The van der Waals surface area contributed by atoms with Gasteiger partial charge in [-0.1, -0.05) is 18.2 Å². The van der Waals surface area contributed by atoms with E-state index in [1.165, 1.54) is 16.4 Å². The summed E-state index contributed by atoms with van der Waals surface area (Å²) in [6.07, 6.45) is 2.75. The highest BCUT2D eigenvalue weighted by molar-refractivity contribution is 7.89. The third-order valence-corrected chi connectivity index (χ3v) is 6.99. The molecular weight excluding hydrogens is 344 g/mol. The molecule has 1 unspecified atom stereocenters. The third-order valence-electron chi connectivity index (χ3n) is 5.11. The minimum Gasteiger partial charge on any atom is -0.480 e. The van der Waals surface area contributed by atoms with Gasteiger partial charge in [0, 0.05) is 13.1 Å². The van der Waals surface area contributed by atoms with E-state index in [1.807, 2.05) is 0 Å². The van der Waals surface area contributed by atoms with E-state index in [0.29, 0.717) is 32.2 Å². The van der Waals surface area contributed by atoms with Crippen molar-refractivity contribution in [1.29, 1.82) is 0 Å². The molecule has 3 rings (SSSR count). The molecule has 1 aromatic carbocycles. The second-order valence-corrected chi connectivity index (χ2v) is 8.68. The fraction of sp³-hybridized carbons (Fsp3) is 0.529. The zero-order chi connectivity index (χ0) is 18.1. The predicted molar refractivity (Wildman–Crippen MR) is 90.3 cm³/mol. The van der Waals surface area contributed by atoms with Gasteiger partial charge in [0.1, 0.15) is 5.54 Å². The number of nitrogens with zero attached hydrogens (tertiary/aromatic N) is 1. The molecule has 0 bridgehead atoms. The van der Waals surface area contributed by atoms with E-state index in [4.69, 9.17) is 0 Å². The van der Waals surface area contributed by atoms with Gasteiger partial charge in [-0.15, -0.1) is 0 Å². The molecular formula is C17H22N2O5S. The summed E-state index contributed by atoms with van der Waals surface area (Å²) in [5.74, 6) is -1.91. The summed E-state index contributed by atoms with van der Waals surface area (Å²) >= 11 is 0. The second kappa shape index (κ2) is 6.76. The molecule has 8 heteroatoms. The molecule has 1 saturated heterocycles. The number of carboxylic acid groups (broad SMARTS) is 1. The highest BCUT2D eigenvalue weighted by Gasteiger charge is 2.47. The van der Waals surface area contributed by atoms with Crippen molar-refractivity contribution in [3.05, 3.63) is 30.3 Å². The molecule has 136 valence electrons. The summed E-state index contributed by atoms with van der Waals surface area (Å²) in [5, 5.41) is 12.0. The number of aliphatic carboxylic acids is 1. The summed E-state index contributed by atoms with van der Waals surface area (Å²) in [5.41, 5.74) is -1.17. The Balaban J connectivity index is 1.71. The van der Waals surface area contributed by atoms with Gasteiger partial charge in [0.15, 0.2) is 0 Å². The largest absolute Gasteiger partial charge is 0.480 e. The smallest absolute Gasteiger partial charge is 0.329 e. The van der Waals surface area contributed by atoms with Crippen LogP contribution in [0.3, 0.4) is 0 Å². The van der Waals surface area contributed by atoms with Crippen LogP contribution in [0.1, 0.15) is 32.1 Å². The fourth-order valence-electron chi connectivity index (χ4n) is 3.38. The summed E-state index contributed by atoms with van der Waals surface area (Å²) in [4.78, 5) is 24.1. The number of hydrogen-bond donors (Lipinski definition) is 2. The maximum atomic E-state index is 12.7. The average Bonchev–Trinajstić information content (AvgIpc) is 2.58. The van der Waals surface area contributed by atoms with Gasteiger partial charge in [-0.05, 0) is 44.2 Å². The number of piperidine rings is 1. The van der Waals surface area contributed by atoms with Crippen molar-refractivity contribution in [1.82, 2.24) is 9.62 Å². The molecule has 1 amide bonds. The van der Waals surface area contributed by atoms with Gasteiger partial charge >= 0.3 is 5.97 Å². The van der Waals surface area contributed by atoms with Gasteiger partial charge < -0.3 is 10.4 Å². The Morgan fingerprint density at radius 1 is 1.16 bits per heavy atom. The Morgan fingerprint density at radius 2 is 1.84 bits per heavy atom. The number of carbonyl (C=O) groups is 2. The number of benzene rings is 1. The van der Waals surface area contributed by atoms with E-state index in [1.54, 1.807) is 18.2 Å². The van der Waals surface area contributed by atoms with Crippen molar-refractivity contribution >= 4 is 21.9 Å². The Labute approximate surface area is 147 Å². The molecule has 1 atom stereocenters. The van der Waals surface area contributed by atoms with Crippen molar-refractivity contribution in [2.45, 2.75) is 42.5 Å². The maximum Gasteiger partial charge on any atom is 0.329 e. The molecule has 0 spiro atoms.